The summed E-state index contributed by atoms with van der Waals surface area (Å²) < 4.78 is 7.25. The molecule has 6 nitrogen and oxygen atoms in total. The van der Waals surface area contributed by atoms with Crippen LogP contribution in [-0.2, 0) is 0 Å². The van der Waals surface area contributed by atoms with Gasteiger partial charge >= 0.3 is 6.01 Å². The molecule has 0 aromatic carbocycles. The number of rotatable bonds is 4. The lowest BCUT2D eigenvalue weighted by Gasteiger charge is -2.05. The molecule has 2 aromatic rings. The van der Waals surface area contributed by atoms with E-state index in [1.165, 1.54) is 12.8 Å². The van der Waals surface area contributed by atoms with Gasteiger partial charge in [0, 0.05) is 12.3 Å². The second-order valence-electron chi connectivity index (χ2n) is 4.57. The Balaban J connectivity index is 1.82. The van der Waals surface area contributed by atoms with Gasteiger partial charge in [-0.3, -0.25) is 0 Å². The van der Waals surface area contributed by atoms with E-state index >= 15 is 0 Å². The molecular formula is C12H15N5O. The second-order valence-corrected chi connectivity index (χ2v) is 4.57. The molecular weight excluding hydrogens is 230 g/mol. The highest BCUT2D eigenvalue weighted by molar-refractivity contribution is 5.22. The average molecular weight is 245 g/mol. The Hall–Kier alpha value is -1.98. The third-order valence-electron chi connectivity index (χ3n) is 2.86. The predicted molar refractivity (Wildman–Crippen MR) is 64.6 cm³/mol. The van der Waals surface area contributed by atoms with Crippen molar-refractivity contribution in [1.82, 2.24) is 24.7 Å². The molecule has 0 atom stereocenters. The standard InChI is InChI=1S/C12H15N5O/c1-8-14-9(2)17(16-8)11-5-6-13-12(15-11)18-7-10-3-4-10/h5-6,10H,3-4,7H2,1-2H3. The first-order chi connectivity index (χ1) is 8.72. The van der Waals surface area contributed by atoms with E-state index in [2.05, 4.69) is 20.1 Å². The van der Waals surface area contributed by atoms with Gasteiger partial charge in [0.15, 0.2) is 5.82 Å². The molecule has 0 unspecified atom stereocenters. The molecule has 6 heteroatoms. The molecule has 0 aliphatic heterocycles. The van der Waals surface area contributed by atoms with Crippen molar-refractivity contribution < 1.29 is 4.74 Å². The second kappa shape index (κ2) is 4.36. The molecule has 3 rings (SSSR count). The Bertz CT molecular complexity index is 561. The zero-order chi connectivity index (χ0) is 12.5. The fraction of sp³-hybridized carbons (Fsp3) is 0.500. The fourth-order valence-corrected chi connectivity index (χ4v) is 1.73. The maximum atomic E-state index is 5.56. The van der Waals surface area contributed by atoms with Crippen LogP contribution >= 0.6 is 0 Å². The van der Waals surface area contributed by atoms with Crippen LogP contribution in [0.5, 0.6) is 6.01 Å². The molecule has 0 bridgehead atoms. The molecule has 2 aromatic heterocycles. The van der Waals surface area contributed by atoms with Crippen molar-refractivity contribution in [2.45, 2.75) is 26.7 Å². The summed E-state index contributed by atoms with van der Waals surface area (Å²) >= 11 is 0. The third-order valence-corrected chi connectivity index (χ3v) is 2.86. The van der Waals surface area contributed by atoms with Crippen LogP contribution in [0.15, 0.2) is 12.3 Å². The normalized spacial score (nSPS) is 14.8. The molecule has 0 radical (unpaired) electrons. The number of hydrogen-bond acceptors (Lipinski definition) is 5. The molecule has 0 N–H and O–H groups in total. The summed E-state index contributed by atoms with van der Waals surface area (Å²) in [6, 6.07) is 2.21. The summed E-state index contributed by atoms with van der Waals surface area (Å²) in [7, 11) is 0. The SMILES string of the molecule is Cc1nc(C)n(-c2ccnc(OCC3CC3)n2)n1. The quantitative estimate of drug-likeness (QED) is 0.816. The first kappa shape index (κ1) is 11.1. The third kappa shape index (κ3) is 2.32. The molecule has 1 fully saturated rings. The van der Waals surface area contributed by atoms with Gasteiger partial charge in [-0.15, -0.1) is 5.10 Å². The minimum Gasteiger partial charge on any atom is -0.463 e. The van der Waals surface area contributed by atoms with Gasteiger partial charge in [0.1, 0.15) is 11.6 Å². The zero-order valence-corrected chi connectivity index (χ0v) is 10.5. The molecule has 1 aliphatic carbocycles. The predicted octanol–water partition coefficient (Wildman–Crippen LogP) is 1.46. The van der Waals surface area contributed by atoms with Crippen LogP contribution in [0, 0.1) is 19.8 Å². The number of nitrogens with zero attached hydrogens (tertiary/aromatic N) is 5. The van der Waals surface area contributed by atoms with Crippen LogP contribution in [0.25, 0.3) is 5.82 Å². The van der Waals surface area contributed by atoms with Crippen LogP contribution in [0.4, 0.5) is 0 Å². The summed E-state index contributed by atoms with van der Waals surface area (Å²) in [6.45, 7) is 4.46. The van der Waals surface area contributed by atoms with Crippen LogP contribution < -0.4 is 4.74 Å². The Kier molecular flexibility index (Phi) is 2.70. The van der Waals surface area contributed by atoms with Crippen molar-refractivity contribution in [2.75, 3.05) is 6.61 Å². The lowest BCUT2D eigenvalue weighted by molar-refractivity contribution is 0.276. The molecule has 1 aliphatic rings. The summed E-state index contributed by atoms with van der Waals surface area (Å²) in [6.07, 6.45) is 4.18. The Morgan fingerprint density at radius 2 is 2.17 bits per heavy atom. The fourth-order valence-electron chi connectivity index (χ4n) is 1.73. The molecule has 0 spiro atoms. The largest absolute Gasteiger partial charge is 0.463 e. The highest BCUT2D eigenvalue weighted by atomic mass is 16.5. The van der Waals surface area contributed by atoms with Crippen LogP contribution in [-0.4, -0.2) is 31.3 Å². The smallest absolute Gasteiger partial charge is 0.318 e. The minimum atomic E-state index is 0.409. The Labute approximate surface area is 105 Å². The molecule has 2 heterocycles. The van der Waals surface area contributed by atoms with E-state index < -0.39 is 0 Å². The van der Waals surface area contributed by atoms with Gasteiger partial charge < -0.3 is 4.74 Å². The number of hydrogen-bond donors (Lipinski definition) is 0. The van der Waals surface area contributed by atoms with E-state index in [9.17, 15) is 0 Å². The van der Waals surface area contributed by atoms with Gasteiger partial charge in [-0.2, -0.15) is 9.67 Å². The van der Waals surface area contributed by atoms with Crippen molar-refractivity contribution in [3.63, 3.8) is 0 Å². The van der Waals surface area contributed by atoms with Crippen molar-refractivity contribution in [1.29, 1.82) is 0 Å². The van der Waals surface area contributed by atoms with Gasteiger partial charge in [0.05, 0.1) is 6.61 Å². The van der Waals surface area contributed by atoms with E-state index in [1.807, 2.05) is 13.8 Å². The Morgan fingerprint density at radius 3 is 2.83 bits per heavy atom. The first-order valence-corrected chi connectivity index (χ1v) is 6.09. The van der Waals surface area contributed by atoms with Crippen molar-refractivity contribution in [2.24, 2.45) is 5.92 Å². The van der Waals surface area contributed by atoms with Gasteiger partial charge in [-0.05, 0) is 32.6 Å². The van der Waals surface area contributed by atoms with Crippen LogP contribution in [0.3, 0.4) is 0 Å². The monoisotopic (exact) mass is 245 g/mol. The first-order valence-electron chi connectivity index (χ1n) is 6.09. The average Bonchev–Trinajstić information content (AvgIpc) is 3.12. The van der Waals surface area contributed by atoms with Crippen molar-refractivity contribution >= 4 is 0 Å². The highest BCUT2D eigenvalue weighted by Gasteiger charge is 2.22. The topological polar surface area (TPSA) is 65.7 Å². The Morgan fingerprint density at radius 1 is 1.33 bits per heavy atom. The zero-order valence-electron chi connectivity index (χ0n) is 10.5. The maximum absolute atomic E-state index is 5.56. The van der Waals surface area contributed by atoms with E-state index in [-0.39, 0.29) is 0 Å². The lowest BCUT2D eigenvalue weighted by Crippen LogP contribution is -2.07. The van der Waals surface area contributed by atoms with E-state index in [4.69, 9.17) is 4.74 Å². The molecule has 0 amide bonds. The summed E-state index contributed by atoms with van der Waals surface area (Å²) in [5, 5.41) is 4.29. The summed E-state index contributed by atoms with van der Waals surface area (Å²) in [5.41, 5.74) is 0. The van der Waals surface area contributed by atoms with Gasteiger partial charge in [0.25, 0.3) is 0 Å². The maximum Gasteiger partial charge on any atom is 0.318 e. The van der Waals surface area contributed by atoms with E-state index in [0.29, 0.717) is 24.4 Å². The van der Waals surface area contributed by atoms with Crippen molar-refractivity contribution in [3.8, 4) is 11.8 Å². The van der Waals surface area contributed by atoms with E-state index in [0.717, 1.165) is 11.6 Å². The molecule has 0 saturated heterocycles. The number of ether oxygens (including phenoxy) is 1. The van der Waals surface area contributed by atoms with E-state index in [1.54, 1.807) is 16.9 Å². The number of aryl methyl sites for hydroxylation is 2. The minimum absolute atomic E-state index is 0.409. The summed E-state index contributed by atoms with van der Waals surface area (Å²) in [4.78, 5) is 12.7. The lowest BCUT2D eigenvalue weighted by atomic mass is 10.5. The van der Waals surface area contributed by atoms with Gasteiger partial charge in [-0.1, -0.05) is 0 Å². The van der Waals surface area contributed by atoms with Crippen molar-refractivity contribution in [3.05, 3.63) is 23.9 Å². The number of aromatic nitrogens is 5. The van der Waals surface area contributed by atoms with Crippen LogP contribution in [0.1, 0.15) is 24.5 Å². The van der Waals surface area contributed by atoms with Gasteiger partial charge in [0.2, 0.25) is 0 Å². The highest BCUT2D eigenvalue weighted by Crippen LogP contribution is 2.28. The van der Waals surface area contributed by atoms with Gasteiger partial charge in [-0.25, -0.2) is 9.97 Å². The molecule has 1 saturated carbocycles. The van der Waals surface area contributed by atoms with Crippen LogP contribution in [0.2, 0.25) is 0 Å². The molecule has 18 heavy (non-hydrogen) atoms. The summed E-state index contributed by atoms with van der Waals surface area (Å²) in [5.74, 6) is 2.91. The molecule has 94 valence electrons.